The molecule has 1 amide bonds. The minimum atomic E-state index is -0.340. The van der Waals surface area contributed by atoms with Gasteiger partial charge in [-0.1, -0.05) is 0 Å². The first-order chi connectivity index (χ1) is 8.65. The number of likely N-dealkylation sites (N-methyl/N-ethyl adjacent to an activating group) is 1. The first-order valence-electron chi connectivity index (χ1n) is 6.50. The van der Waals surface area contributed by atoms with Gasteiger partial charge in [-0.3, -0.25) is 9.69 Å². The summed E-state index contributed by atoms with van der Waals surface area (Å²) < 4.78 is 10.7. The van der Waals surface area contributed by atoms with Crippen molar-refractivity contribution in [3.8, 4) is 0 Å². The minimum Gasteiger partial charge on any atom is -0.380 e. The highest BCUT2D eigenvalue weighted by atomic mass is 16.5. The van der Waals surface area contributed by atoms with E-state index in [9.17, 15) is 4.79 Å². The van der Waals surface area contributed by atoms with Crippen molar-refractivity contribution in [2.45, 2.75) is 19.9 Å². The molecule has 0 heterocycles. The largest absolute Gasteiger partial charge is 0.380 e. The molecule has 0 bridgehead atoms. The Bertz CT molecular complexity index is 205. The molecule has 0 spiro atoms. The van der Waals surface area contributed by atoms with E-state index in [0.29, 0.717) is 33.0 Å². The Morgan fingerprint density at radius 1 is 1.22 bits per heavy atom. The predicted octanol–water partition coefficient (Wildman–Crippen LogP) is -0.565. The van der Waals surface area contributed by atoms with Crippen molar-refractivity contribution in [2.24, 2.45) is 5.73 Å². The van der Waals surface area contributed by atoms with E-state index in [1.807, 2.05) is 13.8 Å². The lowest BCUT2D eigenvalue weighted by Gasteiger charge is -2.25. The van der Waals surface area contributed by atoms with Gasteiger partial charge >= 0.3 is 0 Å². The van der Waals surface area contributed by atoms with Crippen LogP contribution in [0, 0.1) is 0 Å². The summed E-state index contributed by atoms with van der Waals surface area (Å²) in [5.41, 5.74) is 5.31. The van der Waals surface area contributed by atoms with Crippen LogP contribution in [-0.4, -0.2) is 70.0 Å². The number of nitrogens with two attached hydrogens (primary N) is 1. The van der Waals surface area contributed by atoms with Crippen LogP contribution < -0.4 is 11.1 Å². The van der Waals surface area contributed by atoms with Crippen LogP contribution in [0.4, 0.5) is 0 Å². The van der Waals surface area contributed by atoms with Gasteiger partial charge in [-0.25, -0.2) is 0 Å². The lowest BCUT2D eigenvalue weighted by molar-refractivity contribution is -0.120. The maximum atomic E-state index is 11.2. The van der Waals surface area contributed by atoms with Crippen LogP contribution in [0.25, 0.3) is 0 Å². The maximum absolute atomic E-state index is 11.2. The van der Waals surface area contributed by atoms with E-state index in [-0.39, 0.29) is 11.9 Å². The van der Waals surface area contributed by atoms with E-state index >= 15 is 0 Å². The van der Waals surface area contributed by atoms with Gasteiger partial charge in [0, 0.05) is 32.8 Å². The van der Waals surface area contributed by atoms with Gasteiger partial charge in [-0.2, -0.15) is 0 Å². The molecule has 0 saturated carbocycles. The maximum Gasteiger partial charge on any atom is 0.235 e. The molecule has 6 nitrogen and oxygen atoms in total. The van der Waals surface area contributed by atoms with Gasteiger partial charge in [0.2, 0.25) is 5.91 Å². The molecule has 0 aliphatic heterocycles. The third-order valence-corrected chi connectivity index (χ3v) is 2.64. The van der Waals surface area contributed by atoms with E-state index in [4.69, 9.17) is 15.2 Å². The van der Waals surface area contributed by atoms with Crippen LogP contribution in [0.2, 0.25) is 0 Å². The second-order valence-electron chi connectivity index (χ2n) is 3.94. The standard InChI is InChI=1S/C12H27N3O3/c1-4-17-8-6-15(7-9-18-5-2)10-11(14-3)12(13)16/h11,14H,4-10H2,1-3H3,(H2,13,16). The molecule has 0 aromatic heterocycles. The van der Waals surface area contributed by atoms with Crippen LogP contribution in [0.1, 0.15) is 13.8 Å². The molecule has 0 fully saturated rings. The van der Waals surface area contributed by atoms with Gasteiger partial charge in [0.05, 0.1) is 19.3 Å². The number of amides is 1. The average molecular weight is 261 g/mol. The fourth-order valence-electron chi connectivity index (χ4n) is 1.55. The van der Waals surface area contributed by atoms with Crippen LogP contribution in [0.15, 0.2) is 0 Å². The SMILES string of the molecule is CCOCCN(CCOCC)CC(NC)C(N)=O. The highest BCUT2D eigenvalue weighted by Crippen LogP contribution is 1.94. The normalized spacial score (nSPS) is 12.9. The summed E-state index contributed by atoms with van der Waals surface area (Å²) in [5.74, 6) is -0.338. The molecule has 1 unspecified atom stereocenters. The summed E-state index contributed by atoms with van der Waals surface area (Å²) in [6.45, 7) is 8.74. The second kappa shape index (κ2) is 11.4. The van der Waals surface area contributed by atoms with Crippen molar-refractivity contribution >= 4 is 5.91 Å². The first kappa shape index (κ1) is 17.3. The third kappa shape index (κ3) is 8.41. The van der Waals surface area contributed by atoms with Gasteiger partial charge < -0.3 is 20.5 Å². The number of ether oxygens (including phenoxy) is 2. The van der Waals surface area contributed by atoms with Crippen molar-refractivity contribution in [3.05, 3.63) is 0 Å². The van der Waals surface area contributed by atoms with Crippen LogP contribution in [0.5, 0.6) is 0 Å². The molecule has 3 N–H and O–H groups in total. The van der Waals surface area contributed by atoms with E-state index < -0.39 is 0 Å². The van der Waals surface area contributed by atoms with Crippen LogP contribution in [-0.2, 0) is 14.3 Å². The van der Waals surface area contributed by atoms with Gasteiger partial charge in [-0.15, -0.1) is 0 Å². The van der Waals surface area contributed by atoms with Crippen molar-refractivity contribution < 1.29 is 14.3 Å². The number of primary amides is 1. The van der Waals surface area contributed by atoms with Gasteiger partial charge in [-0.05, 0) is 20.9 Å². The smallest absolute Gasteiger partial charge is 0.235 e. The summed E-state index contributed by atoms with van der Waals surface area (Å²) in [7, 11) is 1.73. The topological polar surface area (TPSA) is 76.8 Å². The number of hydrogen-bond donors (Lipinski definition) is 2. The second-order valence-corrected chi connectivity index (χ2v) is 3.94. The van der Waals surface area contributed by atoms with Crippen molar-refractivity contribution in [1.82, 2.24) is 10.2 Å². The molecule has 0 aromatic carbocycles. The molecule has 18 heavy (non-hydrogen) atoms. The molecule has 1 atom stereocenters. The van der Waals surface area contributed by atoms with Crippen LogP contribution >= 0.6 is 0 Å². The number of rotatable bonds is 12. The van der Waals surface area contributed by atoms with Gasteiger partial charge in [0.25, 0.3) is 0 Å². The predicted molar refractivity (Wildman–Crippen MR) is 71.5 cm³/mol. The summed E-state index contributed by atoms with van der Waals surface area (Å²) in [6.07, 6.45) is 0. The van der Waals surface area contributed by atoms with Gasteiger partial charge in [0.1, 0.15) is 0 Å². The number of carbonyl (C=O) groups excluding carboxylic acids is 1. The third-order valence-electron chi connectivity index (χ3n) is 2.64. The quantitative estimate of drug-likeness (QED) is 0.460. The Labute approximate surface area is 110 Å². The van der Waals surface area contributed by atoms with E-state index in [2.05, 4.69) is 10.2 Å². The fourth-order valence-corrected chi connectivity index (χ4v) is 1.55. The average Bonchev–Trinajstić information content (AvgIpc) is 2.35. The van der Waals surface area contributed by atoms with E-state index in [1.165, 1.54) is 0 Å². The number of carbonyl (C=O) groups is 1. The Morgan fingerprint density at radius 2 is 1.72 bits per heavy atom. The highest BCUT2D eigenvalue weighted by Gasteiger charge is 2.17. The van der Waals surface area contributed by atoms with Crippen LogP contribution in [0.3, 0.4) is 0 Å². The molecule has 0 rings (SSSR count). The Morgan fingerprint density at radius 3 is 2.06 bits per heavy atom. The number of nitrogens with one attached hydrogen (secondary N) is 1. The monoisotopic (exact) mass is 261 g/mol. The highest BCUT2D eigenvalue weighted by molar-refractivity contribution is 5.80. The molecule has 0 aliphatic carbocycles. The summed E-state index contributed by atoms with van der Waals surface area (Å²) in [6, 6.07) is -0.340. The zero-order chi connectivity index (χ0) is 13.8. The molecular weight excluding hydrogens is 234 g/mol. The first-order valence-corrected chi connectivity index (χ1v) is 6.50. The van der Waals surface area contributed by atoms with Crippen molar-refractivity contribution in [2.75, 3.05) is 53.1 Å². The Hall–Kier alpha value is -0.690. The molecule has 0 radical (unpaired) electrons. The Kier molecular flexibility index (Phi) is 11.0. The molecular formula is C12H27N3O3. The fraction of sp³-hybridized carbons (Fsp3) is 0.917. The molecule has 6 heteroatoms. The van der Waals surface area contributed by atoms with Crippen molar-refractivity contribution in [1.29, 1.82) is 0 Å². The zero-order valence-electron chi connectivity index (χ0n) is 11.8. The molecule has 0 aromatic rings. The number of nitrogens with zero attached hydrogens (tertiary/aromatic N) is 1. The van der Waals surface area contributed by atoms with Gasteiger partial charge in [0.15, 0.2) is 0 Å². The summed E-state index contributed by atoms with van der Waals surface area (Å²) in [5, 5.41) is 2.91. The summed E-state index contributed by atoms with van der Waals surface area (Å²) in [4.78, 5) is 13.3. The zero-order valence-corrected chi connectivity index (χ0v) is 11.8. The lowest BCUT2D eigenvalue weighted by Crippen LogP contribution is -2.49. The van der Waals surface area contributed by atoms with Crippen molar-refractivity contribution in [3.63, 3.8) is 0 Å². The Balaban J connectivity index is 4.11. The molecule has 108 valence electrons. The molecule has 0 aliphatic rings. The molecule has 0 saturated heterocycles. The summed E-state index contributed by atoms with van der Waals surface area (Å²) >= 11 is 0. The van der Waals surface area contributed by atoms with E-state index in [0.717, 1.165) is 13.1 Å². The minimum absolute atomic E-state index is 0.338. The van der Waals surface area contributed by atoms with E-state index in [1.54, 1.807) is 7.05 Å². The lowest BCUT2D eigenvalue weighted by atomic mass is 10.2. The number of hydrogen-bond acceptors (Lipinski definition) is 5.